The highest BCUT2D eigenvalue weighted by Gasteiger charge is 2.16. The SMILES string of the molecule is CC[C@H](C)[C@H](N)c1nc(N)n[nH]1. The van der Waals surface area contributed by atoms with Gasteiger partial charge in [-0.05, 0) is 5.92 Å². The number of hydrogen-bond donors (Lipinski definition) is 3. The molecule has 1 heterocycles. The molecule has 5 nitrogen and oxygen atoms in total. The molecule has 0 aliphatic heterocycles. The molecule has 2 atom stereocenters. The first-order chi connectivity index (χ1) is 5.65. The summed E-state index contributed by atoms with van der Waals surface area (Å²) >= 11 is 0. The Kier molecular flexibility index (Phi) is 2.65. The lowest BCUT2D eigenvalue weighted by molar-refractivity contribution is 0.440. The molecule has 0 aliphatic carbocycles. The molecule has 0 radical (unpaired) electrons. The van der Waals surface area contributed by atoms with Gasteiger partial charge in [-0.1, -0.05) is 20.3 Å². The van der Waals surface area contributed by atoms with E-state index in [-0.39, 0.29) is 12.0 Å². The van der Waals surface area contributed by atoms with Crippen molar-refractivity contribution in [3.05, 3.63) is 5.82 Å². The second-order valence-electron chi connectivity index (χ2n) is 2.99. The zero-order valence-corrected chi connectivity index (χ0v) is 7.41. The van der Waals surface area contributed by atoms with Crippen molar-refractivity contribution in [2.75, 3.05) is 5.73 Å². The third-order valence-electron chi connectivity index (χ3n) is 2.09. The van der Waals surface area contributed by atoms with Gasteiger partial charge in [0.1, 0.15) is 5.82 Å². The summed E-state index contributed by atoms with van der Waals surface area (Å²) in [4.78, 5) is 3.97. The van der Waals surface area contributed by atoms with Crippen LogP contribution in [0, 0.1) is 5.92 Å². The van der Waals surface area contributed by atoms with E-state index >= 15 is 0 Å². The predicted octanol–water partition coefficient (Wildman–Crippen LogP) is 0.433. The summed E-state index contributed by atoms with van der Waals surface area (Å²) in [5.41, 5.74) is 11.2. The number of nitrogens with zero attached hydrogens (tertiary/aromatic N) is 2. The van der Waals surface area contributed by atoms with E-state index in [1.54, 1.807) is 0 Å². The minimum Gasteiger partial charge on any atom is -0.367 e. The molecule has 0 saturated carbocycles. The van der Waals surface area contributed by atoms with Gasteiger partial charge in [0.2, 0.25) is 5.95 Å². The van der Waals surface area contributed by atoms with Gasteiger partial charge in [-0.2, -0.15) is 4.98 Å². The van der Waals surface area contributed by atoms with Gasteiger partial charge in [0.15, 0.2) is 0 Å². The van der Waals surface area contributed by atoms with Crippen molar-refractivity contribution in [2.24, 2.45) is 11.7 Å². The van der Waals surface area contributed by atoms with Crippen molar-refractivity contribution in [2.45, 2.75) is 26.3 Å². The first-order valence-electron chi connectivity index (χ1n) is 4.08. The molecule has 1 aromatic heterocycles. The molecule has 0 saturated heterocycles. The Balaban J connectivity index is 2.70. The summed E-state index contributed by atoms with van der Waals surface area (Å²) in [6.07, 6.45) is 1.02. The van der Waals surface area contributed by atoms with Crippen LogP contribution >= 0.6 is 0 Å². The highest BCUT2D eigenvalue weighted by molar-refractivity contribution is 5.14. The number of hydrogen-bond acceptors (Lipinski definition) is 4. The number of aromatic nitrogens is 3. The summed E-state index contributed by atoms with van der Waals surface area (Å²) in [5.74, 6) is 1.31. The Bertz CT molecular complexity index is 244. The van der Waals surface area contributed by atoms with Crippen LogP contribution < -0.4 is 11.5 Å². The first kappa shape index (κ1) is 8.99. The maximum atomic E-state index is 5.87. The smallest absolute Gasteiger partial charge is 0.239 e. The maximum absolute atomic E-state index is 5.87. The third kappa shape index (κ3) is 1.73. The van der Waals surface area contributed by atoms with Crippen LogP contribution in [-0.2, 0) is 0 Å². The van der Waals surface area contributed by atoms with Crippen LogP contribution in [0.3, 0.4) is 0 Å². The number of nitrogens with one attached hydrogen (secondary N) is 1. The van der Waals surface area contributed by atoms with Gasteiger partial charge in [0.25, 0.3) is 0 Å². The standard InChI is InChI=1S/C7H15N5/c1-3-4(2)5(8)6-10-7(9)12-11-6/h4-5H,3,8H2,1-2H3,(H3,9,10,11,12)/t4-,5-/m0/s1. The first-order valence-corrected chi connectivity index (χ1v) is 4.08. The topological polar surface area (TPSA) is 93.6 Å². The van der Waals surface area contributed by atoms with E-state index in [2.05, 4.69) is 29.0 Å². The van der Waals surface area contributed by atoms with Crippen molar-refractivity contribution in [3.63, 3.8) is 0 Å². The van der Waals surface area contributed by atoms with E-state index < -0.39 is 0 Å². The fourth-order valence-corrected chi connectivity index (χ4v) is 0.960. The highest BCUT2D eigenvalue weighted by Crippen LogP contribution is 2.18. The summed E-state index contributed by atoms with van der Waals surface area (Å²) in [5, 5.41) is 6.43. The van der Waals surface area contributed by atoms with E-state index in [0.29, 0.717) is 11.7 Å². The Labute approximate surface area is 71.6 Å². The van der Waals surface area contributed by atoms with Crippen LogP contribution in [0.2, 0.25) is 0 Å². The number of H-pyrrole nitrogens is 1. The Hall–Kier alpha value is -1.10. The predicted molar refractivity (Wildman–Crippen MR) is 47.2 cm³/mol. The number of nitrogens with two attached hydrogens (primary N) is 2. The molecule has 5 N–H and O–H groups in total. The van der Waals surface area contributed by atoms with Crippen molar-refractivity contribution in [1.82, 2.24) is 15.2 Å². The molecule has 0 aromatic carbocycles. The third-order valence-corrected chi connectivity index (χ3v) is 2.09. The van der Waals surface area contributed by atoms with Crippen LogP contribution in [-0.4, -0.2) is 15.2 Å². The lowest BCUT2D eigenvalue weighted by Crippen LogP contribution is -2.19. The minimum absolute atomic E-state index is 0.0974. The summed E-state index contributed by atoms with van der Waals surface area (Å²) in [6.45, 7) is 4.16. The molecule has 12 heavy (non-hydrogen) atoms. The van der Waals surface area contributed by atoms with Gasteiger partial charge < -0.3 is 11.5 Å². The van der Waals surface area contributed by atoms with Crippen LogP contribution in [0.4, 0.5) is 5.95 Å². The Morgan fingerprint density at radius 3 is 2.67 bits per heavy atom. The molecule has 0 unspecified atom stereocenters. The molecule has 0 spiro atoms. The van der Waals surface area contributed by atoms with Crippen molar-refractivity contribution in [1.29, 1.82) is 0 Å². The molecule has 0 bridgehead atoms. The second-order valence-corrected chi connectivity index (χ2v) is 2.99. The largest absolute Gasteiger partial charge is 0.367 e. The molecule has 1 rings (SSSR count). The zero-order valence-electron chi connectivity index (χ0n) is 7.41. The number of nitrogen functional groups attached to an aromatic ring is 1. The molecule has 1 aromatic rings. The van der Waals surface area contributed by atoms with Gasteiger partial charge in [-0.25, -0.2) is 0 Å². The van der Waals surface area contributed by atoms with Gasteiger partial charge in [0, 0.05) is 0 Å². The quantitative estimate of drug-likeness (QED) is 0.611. The lowest BCUT2D eigenvalue weighted by Gasteiger charge is -2.14. The number of anilines is 1. The Morgan fingerprint density at radius 1 is 1.58 bits per heavy atom. The lowest BCUT2D eigenvalue weighted by atomic mass is 10.00. The second kappa shape index (κ2) is 3.53. The van der Waals surface area contributed by atoms with Crippen LogP contribution in [0.1, 0.15) is 32.1 Å². The molecule has 5 heteroatoms. The van der Waals surface area contributed by atoms with E-state index in [1.807, 2.05) is 0 Å². The molecule has 68 valence electrons. The molecule has 0 aliphatic rings. The zero-order chi connectivity index (χ0) is 9.14. The minimum atomic E-state index is -0.0974. The maximum Gasteiger partial charge on any atom is 0.239 e. The fourth-order valence-electron chi connectivity index (χ4n) is 0.960. The average molecular weight is 169 g/mol. The van der Waals surface area contributed by atoms with E-state index in [0.717, 1.165) is 6.42 Å². The number of aromatic amines is 1. The monoisotopic (exact) mass is 169 g/mol. The van der Waals surface area contributed by atoms with Gasteiger partial charge in [0.05, 0.1) is 6.04 Å². The Morgan fingerprint density at radius 2 is 2.25 bits per heavy atom. The van der Waals surface area contributed by atoms with Gasteiger partial charge >= 0.3 is 0 Å². The number of rotatable bonds is 3. The molecule has 0 amide bonds. The van der Waals surface area contributed by atoms with Crippen molar-refractivity contribution < 1.29 is 0 Å². The molecular formula is C7H15N5. The van der Waals surface area contributed by atoms with E-state index in [1.165, 1.54) is 0 Å². The van der Waals surface area contributed by atoms with Gasteiger partial charge in [-0.15, -0.1) is 5.10 Å². The van der Waals surface area contributed by atoms with E-state index in [4.69, 9.17) is 11.5 Å². The van der Waals surface area contributed by atoms with Crippen LogP contribution in [0.15, 0.2) is 0 Å². The van der Waals surface area contributed by atoms with Gasteiger partial charge in [-0.3, -0.25) is 5.10 Å². The fraction of sp³-hybridized carbons (Fsp3) is 0.714. The summed E-state index contributed by atoms with van der Waals surface area (Å²) < 4.78 is 0. The highest BCUT2D eigenvalue weighted by atomic mass is 15.3. The molecule has 0 fully saturated rings. The van der Waals surface area contributed by atoms with Crippen LogP contribution in [0.25, 0.3) is 0 Å². The summed E-state index contributed by atoms with van der Waals surface area (Å²) in [7, 11) is 0. The van der Waals surface area contributed by atoms with Crippen molar-refractivity contribution >= 4 is 5.95 Å². The average Bonchev–Trinajstić information content (AvgIpc) is 2.49. The van der Waals surface area contributed by atoms with Crippen LogP contribution in [0.5, 0.6) is 0 Å². The van der Waals surface area contributed by atoms with E-state index in [9.17, 15) is 0 Å². The summed E-state index contributed by atoms with van der Waals surface area (Å²) in [6, 6.07) is -0.0974. The molecular weight excluding hydrogens is 154 g/mol. The normalized spacial score (nSPS) is 15.9. The van der Waals surface area contributed by atoms with Crippen molar-refractivity contribution in [3.8, 4) is 0 Å².